The van der Waals surface area contributed by atoms with Gasteiger partial charge in [-0.3, -0.25) is 0 Å². The summed E-state index contributed by atoms with van der Waals surface area (Å²) in [5.74, 6) is 0.760. The number of carbonyl (C=O) groups is 1. The molecular formula is C21H28FN3O2. The summed E-state index contributed by atoms with van der Waals surface area (Å²) in [5.41, 5.74) is 1.11. The van der Waals surface area contributed by atoms with E-state index >= 15 is 0 Å². The van der Waals surface area contributed by atoms with E-state index in [-0.39, 0.29) is 11.9 Å². The van der Waals surface area contributed by atoms with E-state index in [2.05, 4.69) is 15.3 Å². The van der Waals surface area contributed by atoms with Crippen LogP contribution in [0.5, 0.6) is 0 Å². The van der Waals surface area contributed by atoms with Gasteiger partial charge in [0.15, 0.2) is 0 Å². The Kier molecular flexibility index (Phi) is 5.82. The van der Waals surface area contributed by atoms with Crippen LogP contribution in [-0.4, -0.2) is 21.7 Å². The lowest BCUT2D eigenvalue weighted by Gasteiger charge is -2.30. The monoisotopic (exact) mass is 373 g/mol. The molecular weight excluding hydrogens is 345 g/mol. The molecule has 1 heterocycles. The first kappa shape index (κ1) is 19.4. The Morgan fingerprint density at radius 2 is 1.89 bits per heavy atom. The van der Waals surface area contributed by atoms with E-state index in [1.807, 2.05) is 20.8 Å². The number of H-pyrrole nitrogens is 1. The highest BCUT2D eigenvalue weighted by Gasteiger charge is 2.30. The fourth-order valence-electron chi connectivity index (χ4n) is 3.58. The number of aromatic nitrogens is 2. The third-order valence-corrected chi connectivity index (χ3v) is 4.84. The van der Waals surface area contributed by atoms with Crippen LogP contribution >= 0.6 is 0 Å². The topological polar surface area (TPSA) is 67.0 Å². The molecule has 1 aromatic carbocycles. The van der Waals surface area contributed by atoms with Crippen LogP contribution in [0.25, 0.3) is 11.3 Å². The van der Waals surface area contributed by atoms with Crippen LogP contribution in [0.15, 0.2) is 30.5 Å². The second-order valence-corrected chi connectivity index (χ2v) is 8.21. The lowest BCUT2D eigenvalue weighted by molar-refractivity contribution is 0.0472. The van der Waals surface area contributed by atoms with Crippen LogP contribution in [-0.2, 0) is 4.74 Å². The quantitative estimate of drug-likeness (QED) is 0.758. The zero-order chi connectivity index (χ0) is 19.4. The van der Waals surface area contributed by atoms with Crippen LogP contribution in [0.2, 0.25) is 0 Å². The summed E-state index contributed by atoms with van der Waals surface area (Å²) in [6, 6.07) is 6.04. The molecule has 1 aliphatic rings. The Morgan fingerprint density at radius 1 is 1.22 bits per heavy atom. The molecule has 1 aliphatic carbocycles. The number of aromatic amines is 1. The van der Waals surface area contributed by atoms with Crippen LogP contribution in [0.3, 0.4) is 0 Å². The molecule has 1 aromatic heterocycles. The van der Waals surface area contributed by atoms with Gasteiger partial charge in [-0.2, -0.15) is 0 Å². The van der Waals surface area contributed by atoms with E-state index < -0.39 is 11.7 Å². The first-order chi connectivity index (χ1) is 12.8. The highest BCUT2D eigenvalue weighted by Crippen LogP contribution is 2.34. The Morgan fingerprint density at radius 3 is 2.52 bits per heavy atom. The minimum absolute atomic E-state index is 0.227. The van der Waals surface area contributed by atoms with E-state index in [0.29, 0.717) is 11.7 Å². The fraction of sp³-hybridized carbons (Fsp3) is 0.524. The van der Waals surface area contributed by atoms with Gasteiger partial charge >= 0.3 is 6.09 Å². The van der Waals surface area contributed by atoms with E-state index in [1.54, 1.807) is 18.3 Å². The summed E-state index contributed by atoms with van der Waals surface area (Å²) in [7, 11) is 0. The molecule has 0 unspecified atom stereocenters. The lowest BCUT2D eigenvalue weighted by Crippen LogP contribution is -2.38. The number of hydrogen-bond donors (Lipinski definition) is 2. The van der Waals surface area contributed by atoms with Crippen molar-refractivity contribution in [2.75, 3.05) is 0 Å². The zero-order valence-electron chi connectivity index (χ0n) is 16.2. The molecule has 0 saturated heterocycles. The van der Waals surface area contributed by atoms with Gasteiger partial charge in [0.05, 0.1) is 17.9 Å². The molecule has 1 fully saturated rings. The molecule has 5 nitrogen and oxygen atoms in total. The number of ether oxygens (including phenoxy) is 1. The Labute approximate surface area is 159 Å². The third-order valence-electron chi connectivity index (χ3n) is 4.84. The summed E-state index contributed by atoms with van der Waals surface area (Å²) in [6.45, 7) is 5.55. The van der Waals surface area contributed by atoms with Gasteiger partial charge in [-0.1, -0.05) is 19.3 Å². The maximum atomic E-state index is 13.2. The maximum absolute atomic E-state index is 13.2. The molecule has 0 bridgehead atoms. The molecule has 3 rings (SSSR count). The van der Waals surface area contributed by atoms with Gasteiger partial charge in [-0.05, 0) is 69.4 Å². The number of alkyl carbamates (subject to hydrolysis) is 1. The number of nitrogens with zero attached hydrogens (tertiary/aromatic N) is 1. The maximum Gasteiger partial charge on any atom is 0.408 e. The van der Waals surface area contributed by atoms with Crippen LogP contribution in [0, 0.1) is 11.7 Å². The number of amides is 1. The normalized spacial score (nSPS) is 16.7. The summed E-state index contributed by atoms with van der Waals surface area (Å²) in [4.78, 5) is 20.2. The minimum atomic E-state index is -0.552. The SMILES string of the molecule is CC(C)(C)OC(=O)N[C@H](c1ncc(-c2ccc(F)cc2)[nH]1)C1CCCCC1. The number of halogens is 1. The number of benzene rings is 1. The predicted molar refractivity (Wildman–Crippen MR) is 103 cm³/mol. The standard InChI is InChI=1S/C21H28FN3O2/c1-21(2,3)27-20(26)25-18(15-7-5-4-6-8-15)19-23-13-17(24-19)14-9-11-16(22)12-10-14/h9-13,15,18H,4-8H2,1-3H3,(H,23,24)(H,25,26)/t18-/m0/s1. The molecule has 0 aliphatic heterocycles. The largest absolute Gasteiger partial charge is 0.444 e. The van der Waals surface area contributed by atoms with Gasteiger partial charge in [0.2, 0.25) is 0 Å². The zero-order valence-corrected chi connectivity index (χ0v) is 16.2. The fourth-order valence-corrected chi connectivity index (χ4v) is 3.58. The van der Waals surface area contributed by atoms with Gasteiger partial charge < -0.3 is 15.0 Å². The smallest absolute Gasteiger partial charge is 0.408 e. The first-order valence-corrected chi connectivity index (χ1v) is 9.62. The van der Waals surface area contributed by atoms with E-state index in [0.717, 1.165) is 36.9 Å². The average Bonchev–Trinajstić information content (AvgIpc) is 3.09. The summed E-state index contributed by atoms with van der Waals surface area (Å²) in [6.07, 6.45) is 6.94. The molecule has 1 atom stereocenters. The van der Waals surface area contributed by atoms with Crippen molar-refractivity contribution in [3.05, 3.63) is 42.1 Å². The highest BCUT2D eigenvalue weighted by molar-refractivity contribution is 5.68. The van der Waals surface area contributed by atoms with Crippen molar-refractivity contribution < 1.29 is 13.9 Å². The van der Waals surface area contributed by atoms with Crippen molar-refractivity contribution >= 4 is 6.09 Å². The van der Waals surface area contributed by atoms with Gasteiger partial charge in [-0.15, -0.1) is 0 Å². The minimum Gasteiger partial charge on any atom is -0.444 e. The van der Waals surface area contributed by atoms with Crippen molar-refractivity contribution in [1.29, 1.82) is 0 Å². The first-order valence-electron chi connectivity index (χ1n) is 9.62. The molecule has 27 heavy (non-hydrogen) atoms. The van der Waals surface area contributed by atoms with Gasteiger partial charge in [0, 0.05) is 0 Å². The van der Waals surface area contributed by atoms with E-state index in [4.69, 9.17) is 4.74 Å². The molecule has 6 heteroatoms. The van der Waals surface area contributed by atoms with Gasteiger partial charge in [0.1, 0.15) is 17.2 Å². The van der Waals surface area contributed by atoms with E-state index in [9.17, 15) is 9.18 Å². The number of carbonyl (C=O) groups excluding carboxylic acids is 1. The molecule has 0 radical (unpaired) electrons. The van der Waals surface area contributed by atoms with Crippen LogP contribution in [0.1, 0.15) is 64.7 Å². The summed E-state index contributed by atoms with van der Waals surface area (Å²) >= 11 is 0. The second-order valence-electron chi connectivity index (χ2n) is 8.21. The molecule has 146 valence electrons. The van der Waals surface area contributed by atoms with Crippen LogP contribution in [0.4, 0.5) is 9.18 Å². The highest BCUT2D eigenvalue weighted by atomic mass is 19.1. The molecule has 2 aromatic rings. The Balaban J connectivity index is 1.81. The summed E-state index contributed by atoms with van der Waals surface area (Å²) in [5, 5.41) is 3.02. The number of nitrogens with one attached hydrogen (secondary N) is 2. The molecule has 1 saturated carbocycles. The Hall–Kier alpha value is -2.37. The van der Waals surface area contributed by atoms with Crippen molar-refractivity contribution in [2.45, 2.75) is 64.5 Å². The third kappa shape index (κ3) is 5.31. The number of hydrogen-bond acceptors (Lipinski definition) is 3. The lowest BCUT2D eigenvalue weighted by atomic mass is 9.83. The summed E-state index contributed by atoms with van der Waals surface area (Å²) < 4.78 is 18.6. The van der Waals surface area contributed by atoms with Crippen molar-refractivity contribution in [1.82, 2.24) is 15.3 Å². The van der Waals surface area contributed by atoms with Crippen molar-refractivity contribution in [3.63, 3.8) is 0 Å². The predicted octanol–water partition coefficient (Wildman–Crippen LogP) is 5.36. The van der Waals surface area contributed by atoms with Crippen LogP contribution < -0.4 is 5.32 Å². The second kappa shape index (κ2) is 8.11. The van der Waals surface area contributed by atoms with Crippen molar-refractivity contribution in [3.8, 4) is 11.3 Å². The van der Waals surface area contributed by atoms with E-state index in [1.165, 1.54) is 18.6 Å². The number of rotatable bonds is 4. The molecule has 1 amide bonds. The van der Waals surface area contributed by atoms with Gasteiger partial charge in [0.25, 0.3) is 0 Å². The molecule has 2 N–H and O–H groups in total. The van der Waals surface area contributed by atoms with Crippen molar-refractivity contribution in [2.24, 2.45) is 5.92 Å². The average molecular weight is 373 g/mol. The number of imidazole rings is 1. The Bertz CT molecular complexity index is 758. The molecule has 0 spiro atoms. The van der Waals surface area contributed by atoms with Gasteiger partial charge in [-0.25, -0.2) is 14.2 Å².